The second-order valence-electron chi connectivity index (χ2n) is 5.13. The third-order valence-corrected chi connectivity index (χ3v) is 2.52. The van der Waals surface area contributed by atoms with Crippen molar-refractivity contribution >= 4 is 0 Å². The van der Waals surface area contributed by atoms with Gasteiger partial charge in [0.15, 0.2) is 0 Å². The van der Waals surface area contributed by atoms with Gasteiger partial charge in [-0.1, -0.05) is 6.07 Å². The second-order valence-corrected chi connectivity index (χ2v) is 5.13. The molecule has 1 fully saturated rings. The van der Waals surface area contributed by atoms with Gasteiger partial charge in [-0.05, 0) is 38.8 Å². The van der Waals surface area contributed by atoms with Gasteiger partial charge in [-0.3, -0.25) is 4.98 Å². The first-order valence-corrected chi connectivity index (χ1v) is 5.24. The van der Waals surface area contributed by atoms with E-state index in [1.54, 1.807) is 0 Å². The molecule has 1 N–H and O–H groups in total. The lowest BCUT2D eigenvalue weighted by Gasteiger charge is -2.20. The molecular weight excluding hydrogens is 172 g/mol. The molecule has 0 bridgehead atoms. The number of rotatable bonds is 2. The van der Waals surface area contributed by atoms with Crippen LogP contribution in [-0.4, -0.2) is 16.6 Å². The zero-order valence-electron chi connectivity index (χ0n) is 9.12. The summed E-state index contributed by atoms with van der Waals surface area (Å²) in [4.78, 5) is 4.15. The highest BCUT2D eigenvalue weighted by Crippen LogP contribution is 2.41. The van der Waals surface area contributed by atoms with Crippen LogP contribution < -0.4 is 5.32 Å². The van der Waals surface area contributed by atoms with Crippen LogP contribution in [0.1, 0.15) is 38.7 Å². The Morgan fingerprint density at radius 2 is 2.21 bits per heavy atom. The quantitative estimate of drug-likeness (QED) is 0.774. The SMILES string of the molecule is CC(C)(C)NC1C[C@H]1c1cccnc1. The van der Waals surface area contributed by atoms with Crippen LogP contribution in [0.5, 0.6) is 0 Å². The molecule has 2 heteroatoms. The fourth-order valence-corrected chi connectivity index (χ4v) is 1.87. The van der Waals surface area contributed by atoms with E-state index in [9.17, 15) is 0 Å². The average molecular weight is 190 g/mol. The zero-order chi connectivity index (χ0) is 10.2. The first-order valence-electron chi connectivity index (χ1n) is 5.24. The summed E-state index contributed by atoms with van der Waals surface area (Å²) in [6, 6.07) is 4.84. The average Bonchev–Trinajstić information content (AvgIpc) is 2.82. The smallest absolute Gasteiger partial charge is 0.0303 e. The van der Waals surface area contributed by atoms with E-state index in [1.807, 2.05) is 18.5 Å². The maximum atomic E-state index is 4.15. The van der Waals surface area contributed by atoms with Crippen LogP contribution in [0.25, 0.3) is 0 Å². The molecule has 1 unspecified atom stereocenters. The highest BCUT2D eigenvalue weighted by atomic mass is 15.0. The van der Waals surface area contributed by atoms with Gasteiger partial charge in [-0.15, -0.1) is 0 Å². The summed E-state index contributed by atoms with van der Waals surface area (Å²) < 4.78 is 0. The van der Waals surface area contributed by atoms with E-state index in [-0.39, 0.29) is 5.54 Å². The summed E-state index contributed by atoms with van der Waals surface area (Å²) in [5, 5.41) is 3.61. The van der Waals surface area contributed by atoms with Crippen molar-refractivity contribution in [3.63, 3.8) is 0 Å². The fraction of sp³-hybridized carbons (Fsp3) is 0.583. The number of pyridine rings is 1. The third-order valence-electron chi connectivity index (χ3n) is 2.52. The van der Waals surface area contributed by atoms with Gasteiger partial charge in [-0.25, -0.2) is 0 Å². The Morgan fingerprint density at radius 3 is 2.79 bits per heavy atom. The second kappa shape index (κ2) is 3.35. The van der Waals surface area contributed by atoms with Crippen molar-refractivity contribution in [1.82, 2.24) is 10.3 Å². The summed E-state index contributed by atoms with van der Waals surface area (Å²) in [6.45, 7) is 6.64. The first kappa shape index (κ1) is 9.66. The van der Waals surface area contributed by atoms with Crippen molar-refractivity contribution in [2.45, 2.75) is 44.7 Å². The summed E-state index contributed by atoms with van der Waals surface area (Å²) >= 11 is 0. The Hall–Kier alpha value is -0.890. The Bertz CT molecular complexity index is 300. The Morgan fingerprint density at radius 1 is 1.43 bits per heavy atom. The molecule has 1 aliphatic carbocycles. The van der Waals surface area contributed by atoms with E-state index in [2.05, 4.69) is 37.1 Å². The Kier molecular flexibility index (Phi) is 2.31. The van der Waals surface area contributed by atoms with Crippen LogP contribution in [-0.2, 0) is 0 Å². The molecule has 1 aliphatic rings. The van der Waals surface area contributed by atoms with Crippen LogP contribution in [0.4, 0.5) is 0 Å². The van der Waals surface area contributed by atoms with Crippen molar-refractivity contribution in [2.75, 3.05) is 0 Å². The monoisotopic (exact) mass is 190 g/mol. The Balaban J connectivity index is 1.94. The van der Waals surface area contributed by atoms with Gasteiger partial charge < -0.3 is 5.32 Å². The lowest BCUT2D eigenvalue weighted by atomic mass is 10.1. The molecule has 0 amide bonds. The minimum atomic E-state index is 0.224. The normalized spacial score (nSPS) is 26.2. The first-order chi connectivity index (χ1) is 6.56. The van der Waals surface area contributed by atoms with E-state index in [0.29, 0.717) is 12.0 Å². The number of nitrogens with one attached hydrogen (secondary N) is 1. The van der Waals surface area contributed by atoms with Crippen molar-refractivity contribution in [1.29, 1.82) is 0 Å². The molecule has 2 nitrogen and oxygen atoms in total. The molecule has 2 rings (SSSR count). The Labute approximate surface area is 85.7 Å². The van der Waals surface area contributed by atoms with Crippen molar-refractivity contribution in [3.05, 3.63) is 30.1 Å². The van der Waals surface area contributed by atoms with Crippen LogP contribution in [0.15, 0.2) is 24.5 Å². The standard InChI is InChI=1S/C12H18N2/c1-12(2,3)14-11-7-10(11)9-5-4-6-13-8-9/h4-6,8,10-11,14H,7H2,1-3H3/t10-,11?/m0/s1. The summed E-state index contributed by atoms with van der Waals surface area (Å²) in [6.07, 6.45) is 5.07. The van der Waals surface area contributed by atoms with Crippen LogP contribution in [0.3, 0.4) is 0 Å². The third kappa shape index (κ3) is 2.32. The molecule has 1 heterocycles. The van der Waals surface area contributed by atoms with Gasteiger partial charge in [0.2, 0.25) is 0 Å². The minimum Gasteiger partial charge on any atom is -0.309 e. The zero-order valence-corrected chi connectivity index (χ0v) is 9.12. The minimum absolute atomic E-state index is 0.224. The van der Waals surface area contributed by atoms with Gasteiger partial charge >= 0.3 is 0 Å². The topological polar surface area (TPSA) is 24.9 Å². The molecule has 0 aliphatic heterocycles. The molecule has 0 radical (unpaired) electrons. The lowest BCUT2D eigenvalue weighted by molar-refractivity contribution is 0.418. The molecular formula is C12H18N2. The number of nitrogens with zero attached hydrogens (tertiary/aromatic N) is 1. The molecule has 1 aromatic heterocycles. The van der Waals surface area contributed by atoms with Crippen LogP contribution >= 0.6 is 0 Å². The summed E-state index contributed by atoms with van der Waals surface area (Å²) in [7, 11) is 0. The fourth-order valence-electron chi connectivity index (χ4n) is 1.87. The molecule has 0 aromatic carbocycles. The number of hydrogen-bond acceptors (Lipinski definition) is 2. The molecule has 1 aromatic rings. The molecule has 1 saturated carbocycles. The molecule has 0 saturated heterocycles. The van der Waals surface area contributed by atoms with Crippen LogP contribution in [0.2, 0.25) is 0 Å². The largest absolute Gasteiger partial charge is 0.309 e. The van der Waals surface area contributed by atoms with Gasteiger partial charge in [0.25, 0.3) is 0 Å². The molecule has 14 heavy (non-hydrogen) atoms. The lowest BCUT2D eigenvalue weighted by Crippen LogP contribution is -2.38. The van der Waals surface area contributed by atoms with Gasteiger partial charge in [0.1, 0.15) is 0 Å². The number of hydrogen-bond donors (Lipinski definition) is 1. The van der Waals surface area contributed by atoms with E-state index in [1.165, 1.54) is 12.0 Å². The van der Waals surface area contributed by atoms with Crippen LogP contribution in [0, 0.1) is 0 Å². The van der Waals surface area contributed by atoms with E-state index < -0.39 is 0 Å². The van der Waals surface area contributed by atoms with Gasteiger partial charge in [-0.2, -0.15) is 0 Å². The highest BCUT2D eigenvalue weighted by molar-refractivity contribution is 5.25. The molecule has 0 spiro atoms. The van der Waals surface area contributed by atoms with Crippen molar-refractivity contribution < 1.29 is 0 Å². The highest BCUT2D eigenvalue weighted by Gasteiger charge is 2.40. The number of aromatic nitrogens is 1. The summed E-state index contributed by atoms with van der Waals surface area (Å²) in [5.74, 6) is 0.683. The van der Waals surface area contributed by atoms with Gasteiger partial charge in [0.05, 0.1) is 0 Å². The van der Waals surface area contributed by atoms with E-state index in [0.717, 1.165) is 0 Å². The predicted molar refractivity (Wildman–Crippen MR) is 58.3 cm³/mol. The van der Waals surface area contributed by atoms with E-state index >= 15 is 0 Å². The maximum Gasteiger partial charge on any atom is 0.0303 e. The van der Waals surface area contributed by atoms with E-state index in [4.69, 9.17) is 0 Å². The predicted octanol–water partition coefficient (Wildman–Crippen LogP) is 2.33. The van der Waals surface area contributed by atoms with Gasteiger partial charge in [0, 0.05) is 29.9 Å². The molecule has 2 atom stereocenters. The summed E-state index contributed by atoms with van der Waals surface area (Å²) in [5.41, 5.74) is 1.59. The maximum absolute atomic E-state index is 4.15. The van der Waals surface area contributed by atoms with Crippen molar-refractivity contribution in [3.8, 4) is 0 Å². The van der Waals surface area contributed by atoms with Crippen molar-refractivity contribution in [2.24, 2.45) is 0 Å². The molecule has 76 valence electrons.